The molecule has 0 saturated heterocycles. The third-order valence-corrected chi connectivity index (χ3v) is 3.27. The largest absolute Gasteiger partial charge is 0.490 e. The van der Waals surface area contributed by atoms with E-state index in [0.717, 1.165) is 5.56 Å². The summed E-state index contributed by atoms with van der Waals surface area (Å²) in [4.78, 5) is 12.3. The molecular formula is C18H18N2O4. The SMILES string of the molecule is CC(C)Oc1ccccc1C(=O)N/N=C\c1ccc2c(c1)OCO2. The van der Waals surface area contributed by atoms with E-state index in [1.165, 1.54) is 0 Å². The van der Waals surface area contributed by atoms with Gasteiger partial charge in [-0.25, -0.2) is 5.43 Å². The number of hydrogen-bond donors (Lipinski definition) is 1. The van der Waals surface area contributed by atoms with Crippen molar-refractivity contribution in [3.63, 3.8) is 0 Å². The van der Waals surface area contributed by atoms with Gasteiger partial charge in [-0.3, -0.25) is 4.79 Å². The molecule has 124 valence electrons. The first-order chi connectivity index (χ1) is 11.6. The van der Waals surface area contributed by atoms with Gasteiger partial charge in [0.15, 0.2) is 11.5 Å². The van der Waals surface area contributed by atoms with Crippen LogP contribution in [0.2, 0.25) is 0 Å². The molecule has 0 unspecified atom stereocenters. The van der Waals surface area contributed by atoms with E-state index >= 15 is 0 Å². The molecule has 24 heavy (non-hydrogen) atoms. The van der Waals surface area contributed by atoms with E-state index in [1.807, 2.05) is 26.0 Å². The van der Waals surface area contributed by atoms with Gasteiger partial charge in [-0.05, 0) is 49.7 Å². The van der Waals surface area contributed by atoms with Crippen molar-refractivity contribution in [3.05, 3.63) is 53.6 Å². The lowest BCUT2D eigenvalue weighted by atomic mass is 10.2. The van der Waals surface area contributed by atoms with Gasteiger partial charge >= 0.3 is 0 Å². The van der Waals surface area contributed by atoms with Crippen molar-refractivity contribution in [2.45, 2.75) is 20.0 Å². The summed E-state index contributed by atoms with van der Waals surface area (Å²) in [5.41, 5.74) is 3.74. The summed E-state index contributed by atoms with van der Waals surface area (Å²) < 4.78 is 16.2. The highest BCUT2D eigenvalue weighted by Crippen LogP contribution is 2.31. The van der Waals surface area contributed by atoms with Crippen LogP contribution in [0.4, 0.5) is 0 Å². The summed E-state index contributed by atoms with van der Waals surface area (Å²) in [5, 5.41) is 3.99. The second-order valence-corrected chi connectivity index (χ2v) is 5.47. The number of benzene rings is 2. The number of rotatable bonds is 5. The second kappa shape index (κ2) is 7.04. The molecule has 1 aliphatic rings. The van der Waals surface area contributed by atoms with Gasteiger partial charge in [0, 0.05) is 0 Å². The molecule has 1 amide bonds. The quantitative estimate of drug-likeness (QED) is 0.677. The minimum atomic E-state index is -0.330. The summed E-state index contributed by atoms with van der Waals surface area (Å²) in [6.45, 7) is 4.04. The number of nitrogens with one attached hydrogen (secondary N) is 1. The molecule has 0 aromatic heterocycles. The van der Waals surface area contributed by atoms with Gasteiger partial charge in [0.25, 0.3) is 5.91 Å². The molecule has 6 heteroatoms. The van der Waals surface area contributed by atoms with E-state index in [1.54, 1.807) is 36.5 Å². The summed E-state index contributed by atoms with van der Waals surface area (Å²) in [6, 6.07) is 12.5. The van der Waals surface area contributed by atoms with E-state index in [2.05, 4.69) is 10.5 Å². The smallest absolute Gasteiger partial charge is 0.275 e. The lowest BCUT2D eigenvalue weighted by Crippen LogP contribution is -2.19. The Hall–Kier alpha value is -3.02. The van der Waals surface area contributed by atoms with Crippen molar-refractivity contribution >= 4 is 12.1 Å². The standard InChI is InChI=1S/C18H18N2O4/c1-12(2)24-15-6-4-3-5-14(15)18(21)20-19-10-13-7-8-16-17(9-13)23-11-22-16/h3-10,12H,11H2,1-2H3,(H,20,21)/b19-10-. The molecule has 0 fully saturated rings. The van der Waals surface area contributed by atoms with Crippen LogP contribution in [0.5, 0.6) is 17.2 Å². The first-order valence-corrected chi connectivity index (χ1v) is 7.62. The number of hydrazone groups is 1. The van der Waals surface area contributed by atoms with E-state index in [9.17, 15) is 4.79 Å². The third-order valence-electron chi connectivity index (χ3n) is 3.27. The Labute approximate surface area is 140 Å². The topological polar surface area (TPSA) is 69.2 Å². The van der Waals surface area contributed by atoms with E-state index < -0.39 is 0 Å². The number of para-hydroxylation sites is 1. The number of amides is 1. The molecule has 2 aromatic carbocycles. The summed E-state index contributed by atoms with van der Waals surface area (Å²) in [5.74, 6) is 1.57. The van der Waals surface area contributed by atoms with Crippen LogP contribution in [0.3, 0.4) is 0 Å². The first kappa shape index (κ1) is 15.9. The predicted octanol–water partition coefficient (Wildman–Crippen LogP) is 2.97. The fourth-order valence-electron chi connectivity index (χ4n) is 2.23. The molecule has 0 radical (unpaired) electrons. The van der Waals surface area contributed by atoms with Crippen LogP contribution in [0.15, 0.2) is 47.6 Å². The molecule has 1 aliphatic heterocycles. The van der Waals surface area contributed by atoms with Gasteiger partial charge < -0.3 is 14.2 Å². The van der Waals surface area contributed by atoms with E-state index in [4.69, 9.17) is 14.2 Å². The van der Waals surface area contributed by atoms with Crippen LogP contribution in [-0.4, -0.2) is 25.0 Å². The van der Waals surface area contributed by atoms with Crippen molar-refractivity contribution in [1.82, 2.24) is 5.43 Å². The minimum Gasteiger partial charge on any atom is -0.490 e. The lowest BCUT2D eigenvalue weighted by Gasteiger charge is -2.12. The number of carbonyl (C=O) groups is 1. The van der Waals surface area contributed by atoms with Gasteiger partial charge in [-0.15, -0.1) is 0 Å². The average molecular weight is 326 g/mol. The maximum Gasteiger partial charge on any atom is 0.275 e. The maximum atomic E-state index is 12.3. The summed E-state index contributed by atoms with van der Waals surface area (Å²) in [6.07, 6.45) is 1.53. The lowest BCUT2D eigenvalue weighted by molar-refractivity contribution is 0.0949. The van der Waals surface area contributed by atoms with Crippen LogP contribution in [0, 0.1) is 0 Å². The predicted molar refractivity (Wildman–Crippen MR) is 89.8 cm³/mol. The van der Waals surface area contributed by atoms with Crippen LogP contribution < -0.4 is 19.6 Å². The third kappa shape index (κ3) is 3.65. The highest BCUT2D eigenvalue weighted by molar-refractivity contribution is 5.97. The number of carbonyl (C=O) groups excluding carboxylic acids is 1. The molecule has 2 aromatic rings. The summed E-state index contributed by atoms with van der Waals surface area (Å²) in [7, 11) is 0. The van der Waals surface area contributed by atoms with Gasteiger partial charge in [0.2, 0.25) is 6.79 Å². The molecule has 0 atom stereocenters. The Morgan fingerprint density at radius 1 is 1.21 bits per heavy atom. The molecule has 3 rings (SSSR count). The number of fused-ring (bicyclic) bond motifs is 1. The first-order valence-electron chi connectivity index (χ1n) is 7.62. The van der Waals surface area contributed by atoms with Crippen LogP contribution in [0.25, 0.3) is 0 Å². The Kier molecular flexibility index (Phi) is 4.65. The molecule has 0 saturated carbocycles. The fourth-order valence-corrected chi connectivity index (χ4v) is 2.23. The fraction of sp³-hybridized carbons (Fsp3) is 0.222. The van der Waals surface area contributed by atoms with Gasteiger partial charge in [-0.1, -0.05) is 12.1 Å². The maximum absolute atomic E-state index is 12.3. The highest BCUT2D eigenvalue weighted by Gasteiger charge is 2.13. The second-order valence-electron chi connectivity index (χ2n) is 5.47. The summed E-state index contributed by atoms with van der Waals surface area (Å²) >= 11 is 0. The van der Waals surface area contributed by atoms with Crippen LogP contribution in [0.1, 0.15) is 29.8 Å². The van der Waals surface area contributed by atoms with Crippen molar-refractivity contribution < 1.29 is 19.0 Å². The zero-order valence-electron chi connectivity index (χ0n) is 13.5. The Bertz CT molecular complexity index is 771. The molecular weight excluding hydrogens is 308 g/mol. The van der Waals surface area contributed by atoms with E-state index in [-0.39, 0.29) is 18.8 Å². The zero-order chi connectivity index (χ0) is 16.9. The molecule has 0 bridgehead atoms. The monoisotopic (exact) mass is 326 g/mol. The van der Waals surface area contributed by atoms with Crippen molar-refractivity contribution in [2.24, 2.45) is 5.10 Å². The molecule has 1 heterocycles. The highest BCUT2D eigenvalue weighted by atomic mass is 16.7. The Morgan fingerprint density at radius 2 is 2.00 bits per heavy atom. The van der Waals surface area contributed by atoms with Gasteiger partial charge in [-0.2, -0.15) is 5.10 Å². The normalized spacial score (nSPS) is 12.6. The van der Waals surface area contributed by atoms with Crippen molar-refractivity contribution in [2.75, 3.05) is 6.79 Å². The van der Waals surface area contributed by atoms with Crippen molar-refractivity contribution in [1.29, 1.82) is 0 Å². The van der Waals surface area contributed by atoms with Crippen molar-refractivity contribution in [3.8, 4) is 17.2 Å². The number of hydrogen-bond acceptors (Lipinski definition) is 5. The zero-order valence-corrected chi connectivity index (χ0v) is 13.5. The van der Waals surface area contributed by atoms with Crippen LogP contribution in [-0.2, 0) is 0 Å². The van der Waals surface area contributed by atoms with Gasteiger partial charge in [0.1, 0.15) is 5.75 Å². The number of ether oxygens (including phenoxy) is 3. The van der Waals surface area contributed by atoms with E-state index in [0.29, 0.717) is 22.8 Å². The molecule has 6 nitrogen and oxygen atoms in total. The van der Waals surface area contributed by atoms with Gasteiger partial charge in [0.05, 0.1) is 17.9 Å². The average Bonchev–Trinajstić information content (AvgIpc) is 3.02. The molecule has 0 aliphatic carbocycles. The minimum absolute atomic E-state index is 0.0175. The Morgan fingerprint density at radius 3 is 2.83 bits per heavy atom. The Balaban J connectivity index is 1.67. The molecule has 1 N–H and O–H groups in total. The van der Waals surface area contributed by atoms with Crippen LogP contribution >= 0.6 is 0 Å². The number of nitrogens with zero attached hydrogens (tertiary/aromatic N) is 1. The molecule has 0 spiro atoms.